The van der Waals surface area contributed by atoms with Crippen LogP contribution in [0.15, 0.2) is 4.99 Å². The van der Waals surface area contributed by atoms with Crippen LogP contribution in [-0.4, -0.2) is 74.4 Å². The van der Waals surface area contributed by atoms with Crippen molar-refractivity contribution in [3.05, 3.63) is 0 Å². The Bertz CT molecular complexity index is 480. The van der Waals surface area contributed by atoms with Crippen molar-refractivity contribution in [3.63, 3.8) is 0 Å². The predicted molar refractivity (Wildman–Crippen MR) is 117 cm³/mol. The van der Waals surface area contributed by atoms with Gasteiger partial charge in [-0.2, -0.15) is 0 Å². The number of amides is 1. The van der Waals surface area contributed by atoms with Gasteiger partial charge in [-0.1, -0.05) is 19.3 Å². The molecule has 2 heterocycles. The van der Waals surface area contributed by atoms with Crippen LogP contribution in [0.5, 0.6) is 0 Å². The van der Waals surface area contributed by atoms with Crippen LogP contribution in [0, 0.1) is 0 Å². The van der Waals surface area contributed by atoms with Crippen LogP contribution < -0.4 is 10.6 Å². The number of aliphatic imine (C=N–C) groups is 1. The second kappa shape index (κ2) is 12.1. The smallest absolute Gasteiger partial charge is 0.242 e. The van der Waals surface area contributed by atoms with Crippen LogP contribution >= 0.6 is 24.0 Å². The van der Waals surface area contributed by atoms with Crippen molar-refractivity contribution >= 4 is 35.8 Å². The summed E-state index contributed by atoms with van der Waals surface area (Å²) in [6, 6.07) is 0.335. The number of rotatable bonds is 5. The number of ether oxygens (including phenoxy) is 2. The molecule has 156 valence electrons. The lowest BCUT2D eigenvalue weighted by atomic mass is 9.95. The molecule has 1 saturated carbocycles. The van der Waals surface area contributed by atoms with E-state index in [1.807, 2.05) is 0 Å². The summed E-state index contributed by atoms with van der Waals surface area (Å²) in [6.45, 7) is 6.07. The van der Waals surface area contributed by atoms with Crippen LogP contribution in [0.2, 0.25) is 0 Å². The molecule has 1 amide bonds. The van der Waals surface area contributed by atoms with Gasteiger partial charge in [-0.05, 0) is 32.6 Å². The summed E-state index contributed by atoms with van der Waals surface area (Å²) in [4.78, 5) is 19.1. The zero-order chi connectivity index (χ0) is 18.2. The van der Waals surface area contributed by atoms with Crippen LogP contribution in [0.1, 0.15) is 51.9 Å². The molecule has 3 aliphatic rings. The van der Waals surface area contributed by atoms with E-state index >= 15 is 0 Å². The van der Waals surface area contributed by atoms with E-state index in [1.54, 1.807) is 0 Å². The van der Waals surface area contributed by atoms with E-state index in [1.165, 1.54) is 19.3 Å². The minimum Gasteiger partial charge on any atom is -0.375 e. The molecule has 1 aliphatic carbocycles. The fourth-order valence-corrected chi connectivity index (χ4v) is 4.08. The Labute approximate surface area is 180 Å². The predicted octanol–water partition coefficient (Wildman–Crippen LogP) is 1.90. The van der Waals surface area contributed by atoms with Gasteiger partial charge in [0.05, 0.1) is 12.7 Å². The highest BCUT2D eigenvalue weighted by Gasteiger charge is 2.32. The minimum atomic E-state index is 0. The summed E-state index contributed by atoms with van der Waals surface area (Å²) in [5.41, 5.74) is 0. The molecule has 0 aromatic rings. The summed E-state index contributed by atoms with van der Waals surface area (Å²) in [5, 5.41) is 6.46. The monoisotopic (exact) mass is 494 g/mol. The first-order valence-corrected chi connectivity index (χ1v) is 10.3. The maximum atomic E-state index is 12.3. The Hall–Kier alpha value is -0.610. The van der Waals surface area contributed by atoms with Gasteiger partial charge in [0.2, 0.25) is 5.91 Å². The van der Waals surface area contributed by atoms with E-state index in [9.17, 15) is 4.79 Å². The molecule has 0 aromatic heterocycles. The molecule has 0 bridgehead atoms. The molecule has 3 rings (SSSR count). The molecule has 7 nitrogen and oxygen atoms in total. The average molecular weight is 494 g/mol. The fourth-order valence-electron chi connectivity index (χ4n) is 4.08. The van der Waals surface area contributed by atoms with Gasteiger partial charge in [-0.3, -0.25) is 4.79 Å². The van der Waals surface area contributed by atoms with Gasteiger partial charge in [0.1, 0.15) is 12.6 Å². The van der Waals surface area contributed by atoms with Crippen LogP contribution in [-0.2, 0) is 14.3 Å². The molecule has 0 aromatic carbocycles. The second-order valence-corrected chi connectivity index (χ2v) is 7.48. The normalized spacial score (nSPS) is 27.1. The van der Waals surface area contributed by atoms with E-state index in [2.05, 4.69) is 27.4 Å². The van der Waals surface area contributed by atoms with Crippen molar-refractivity contribution in [1.82, 2.24) is 15.5 Å². The Morgan fingerprint density at radius 1 is 1.07 bits per heavy atom. The lowest BCUT2D eigenvalue weighted by Crippen LogP contribution is -2.53. The minimum absolute atomic E-state index is 0. The van der Waals surface area contributed by atoms with Crippen molar-refractivity contribution in [1.29, 1.82) is 0 Å². The molecule has 2 N–H and O–H groups in total. The molecule has 3 fully saturated rings. The number of carbonyl (C=O) groups excluding carboxylic acids is 1. The van der Waals surface area contributed by atoms with Crippen molar-refractivity contribution < 1.29 is 14.3 Å². The zero-order valence-corrected chi connectivity index (χ0v) is 18.8. The topological polar surface area (TPSA) is 75.2 Å². The highest BCUT2D eigenvalue weighted by atomic mass is 127. The third kappa shape index (κ3) is 7.05. The first-order valence-electron chi connectivity index (χ1n) is 10.3. The van der Waals surface area contributed by atoms with Crippen LogP contribution in [0.3, 0.4) is 0 Å². The Kier molecular flexibility index (Phi) is 10.1. The molecule has 0 radical (unpaired) electrons. The first-order chi connectivity index (χ1) is 12.8. The fraction of sp³-hybridized carbons (Fsp3) is 0.895. The van der Waals surface area contributed by atoms with E-state index in [-0.39, 0.29) is 48.6 Å². The van der Waals surface area contributed by atoms with Crippen molar-refractivity contribution in [3.8, 4) is 0 Å². The average Bonchev–Trinajstić information content (AvgIpc) is 3.21. The summed E-state index contributed by atoms with van der Waals surface area (Å²) in [6.07, 6.45) is 8.38. The molecule has 0 spiro atoms. The number of nitrogens with zero attached hydrogens (tertiary/aromatic N) is 2. The second-order valence-electron chi connectivity index (χ2n) is 7.48. The summed E-state index contributed by atoms with van der Waals surface area (Å²) < 4.78 is 11.7. The number of hydrogen-bond acceptors (Lipinski definition) is 4. The molecule has 8 heteroatoms. The maximum absolute atomic E-state index is 12.3. The van der Waals surface area contributed by atoms with Crippen molar-refractivity contribution in [2.75, 3.05) is 39.4 Å². The van der Waals surface area contributed by atoms with E-state index in [0.29, 0.717) is 12.6 Å². The number of guanidine groups is 1. The van der Waals surface area contributed by atoms with Crippen molar-refractivity contribution in [2.45, 2.75) is 70.1 Å². The SMILES string of the molecule is CCNC(=NCC(=O)NC1CCCCC1)N1CCOC(C2CCCO2)C1.I. The third-order valence-corrected chi connectivity index (χ3v) is 5.45. The van der Waals surface area contributed by atoms with Gasteiger partial charge in [-0.25, -0.2) is 4.99 Å². The summed E-state index contributed by atoms with van der Waals surface area (Å²) in [7, 11) is 0. The molecule has 2 saturated heterocycles. The van der Waals surface area contributed by atoms with Gasteiger partial charge in [-0.15, -0.1) is 24.0 Å². The maximum Gasteiger partial charge on any atom is 0.242 e. The number of halogens is 1. The van der Waals surface area contributed by atoms with Gasteiger partial charge in [0.15, 0.2) is 5.96 Å². The molecular weight excluding hydrogens is 459 g/mol. The van der Waals surface area contributed by atoms with Crippen LogP contribution in [0.4, 0.5) is 0 Å². The highest BCUT2D eigenvalue weighted by Crippen LogP contribution is 2.21. The molecule has 2 atom stereocenters. The van der Waals surface area contributed by atoms with Gasteiger partial charge in [0, 0.05) is 32.3 Å². The van der Waals surface area contributed by atoms with Gasteiger partial charge < -0.3 is 25.0 Å². The number of carbonyl (C=O) groups is 1. The van der Waals surface area contributed by atoms with Crippen LogP contribution in [0.25, 0.3) is 0 Å². The van der Waals surface area contributed by atoms with Gasteiger partial charge in [0.25, 0.3) is 0 Å². The quantitative estimate of drug-likeness (QED) is 0.347. The first kappa shape index (κ1) is 22.7. The Balaban J connectivity index is 0.00000261. The number of morpholine rings is 1. The number of hydrogen-bond donors (Lipinski definition) is 2. The lowest BCUT2D eigenvalue weighted by molar-refractivity contribution is -0.120. The number of nitrogens with one attached hydrogen (secondary N) is 2. The van der Waals surface area contributed by atoms with E-state index < -0.39 is 0 Å². The summed E-state index contributed by atoms with van der Waals surface area (Å²) in [5.74, 6) is 0.828. The van der Waals surface area contributed by atoms with Gasteiger partial charge >= 0.3 is 0 Å². The lowest BCUT2D eigenvalue weighted by Gasteiger charge is -2.37. The Morgan fingerprint density at radius 2 is 1.85 bits per heavy atom. The summed E-state index contributed by atoms with van der Waals surface area (Å²) >= 11 is 0. The standard InChI is InChI=1S/C19H34N4O3.HI/c1-2-20-19(21-13-18(24)22-15-7-4-3-5-8-15)23-10-12-26-17(14-23)16-9-6-11-25-16;/h15-17H,2-14H2,1H3,(H,20,21)(H,22,24);1H. The molecule has 27 heavy (non-hydrogen) atoms. The zero-order valence-electron chi connectivity index (χ0n) is 16.5. The van der Waals surface area contributed by atoms with E-state index in [0.717, 1.165) is 57.9 Å². The Morgan fingerprint density at radius 3 is 2.56 bits per heavy atom. The molecule has 2 aliphatic heterocycles. The third-order valence-electron chi connectivity index (χ3n) is 5.45. The molecular formula is C19H35IN4O3. The van der Waals surface area contributed by atoms with E-state index in [4.69, 9.17) is 9.47 Å². The molecule has 2 unspecified atom stereocenters. The largest absolute Gasteiger partial charge is 0.375 e. The van der Waals surface area contributed by atoms with Crippen molar-refractivity contribution in [2.24, 2.45) is 4.99 Å². The highest BCUT2D eigenvalue weighted by molar-refractivity contribution is 14.0.